The van der Waals surface area contributed by atoms with Gasteiger partial charge in [-0.1, -0.05) is 44.2 Å². The van der Waals surface area contributed by atoms with Crippen molar-refractivity contribution in [1.29, 1.82) is 0 Å². The lowest BCUT2D eigenvalue weighted by Crippen LogP contribution is -2.28. The molecule has 0 radical (unpaired) electrons. The molecule has 0 amide bonds. The van der Waals surface area contributed by atoms with Gasteiger partial charge in [-0.05, 0) is 36.9 Å². The lowest BCUT2D eigenvalue weighted by molar-refractivity contribution is 0.448. The van der Waals surface area contributed by atoms with Crippen LogP contribution in [0.2, 0.25) is 0 Å². The molecule has 1 heterocycles. The Balaban J connectivity index is 2.42. The summed E-state index contributed by atoms with van der Waals surface area (Å²) in [4.78, 5) is 9.24. The van der Waals surface area contributed by atoms with Crippen LogP contribution >= 0.6 is 0 Å². The fourth-order valence-electron chi connectivity index (χ4n) is 2.76. The van der Waals surface area contributed by atoms with Gasteiger partial charge in [0.1, 0.15) is 5.82 Å². The summed E-state index contributed by atoms with van der Waals surface area (Å²) in [5.41, 5.74) is 7.87. The molecule has 3 heteroatoms. The number of hydrogen-bond donors (Lipinski definition) is 1. The largest absolute Gasteiger partial charge is 0.330 e. The summed E-state index contributed by atoms with van der Waals surface area (Å²) >= 11 is 0. The molecule has 0 aliphatic rings. The topological polar surface area (TPSA) is 51.8 Å². The van der Waals surface area contributed by atoms with E-state index in [0.717, 1.165) is 30.7 Å². The second-order valence-electron chi connectivity index (χ2n) is 5.11. The highest BCUT2D eigenvalue weighted by molar-refractivity contribution is 5.32. The third-order valence-corrected chi connectivity index (χ3v) is 4.10. The molecular weight excluding hydrogens is 246 g/mol. The molecule has 20 heavy (non-hydrogen) atoms. The lowest BCUT2D eigenvalue weighted by Gasteiger charge is -2.30. The smallest absolute Gasteiger partial charge is 0.138 e. The van der Waals surface area contributed by atoms with Crippen LogP contribution in [0.25, 0.3) is 0 Å². The van der Waals surface area contributed by atoms with Crippen molar-refractivity contribution >= 4 is 0 Å². The molecule has 106 valence electrons. The van der Waals surface area contributed by atoms with E-state index in [1.807, 2.05) is 18.5 Å². The van der Waals surface area contributed by atoms with E-state index in [1.165, 1.54) is 5.56 Å². The van der Waals surface area contributed by atoms with Gasteiger partial charge >= 0.3 is 0 Å². The zero-order valence-electron chi connectivity index (χ0n) is 12.3. The highest BCUT2D eigenvalue weighted by atomic mass is 14.9. The van der Waals surface area contributed by atoms with Crippen LogP contribution < -0.4 is 5.73 Å². The predicted octanol–water partition coefficient (Wildman–Crippen LogP) is 3.08. The third kappa shape index (κ3) is 2.73. The molecule has 0 spiro atoms. The maximum absolute atomic E-state index is 5.57. The van der Waals surface area contributed by atoms with Crippen LogP contribution in [0.1, 0.15) is 43.6 Å². The maximum atomic E-state index is 5.57. The van der Waals surface area contributed by atoms with Crippen molar-refractivity contribution < 1.29 is 0 Å². The van der Waals surface area contributed by atoms with Gasteiger partial charge in [0.05, 0.1) is 5.41 Å². The van der Waals surface area contributed by atoms with Crippen LogP contribution in [0.15, 0.2) is 42.7 Å². The van der Waals surface area contributed by atoms with Crippen LogP contribution in [-0.4, -0.2) is 16.5 Å². The van der Waals surface area contributed by atoms with Gasteiger partial charge in [0.2, 0.25) is 0 Å². The molecule has 0 aliphatic carbocycles. The Morgan fingerprint density at radius 1 is 1.00 bits per heavy atom. The van der Waals surface area contributed by atoms with E-state index in [0.29, 0.717) is 6.54 Å². The van der Waals surface area contributed by atoms with Crippen molar-refractivity contribution in [3.8, 4) is 0 Å². The third-order valence-electron chi connectivity index (χ3n) is 4.10. The van der Waals surface area contributed by atoms with Crippen LogP contribution in [0.5, 0.6) is 0 Å². The Morgan fingerprint density at radius 2 is 1.60 bits per heavy atom. The number of aromatic nitrogens is 2. The number of nitrogens with zero attached hydrogens (tertiary/aromatic N) is 2. The first-order chi connectivity index (χ1) is 9.76. The standard InChI is InChI=1S/C17H23N3/c1-3-17(4-2,15-8-6-5-7-9-15)16-19-12-14(10-11-18)13-20-16/h5-9,12-13H,3-4,10-11,18H2,1-2H3. The Hall–Kier alpha value is -1.74. The van der Waals surface area contributed by atoms with Crippen LogP contribution in [0.3, 0.4) is 0 Å². The zero-order valence-corrected chi connectivity index (χ0v) is 12.3. The van der Waals surface area contributed by atoms with E-state index in [1.54, 1.807) is 0 Å². The molecule has 1 aromatic heterocycles. The van der Waals surface area contributed by atoms with Crippen LogP contribution in [0, 0.1) is 0 Å². The fourth-order valence-corrected chi connectivity index (χ4v) is 2.76. The molecule has 2 aromatic rings. The summed E-state index contributed by atoms with van der Waals surface area (Å²) in [5.74, 6) is 0.912. The van der Waals surface area contributed by atoms with Gasteiger partial charge < -0.3 is 5.73 Å². The first-order valence-electron chi connectivity index (χ1n) is 7.33. The number of hydrogen-bond acceptors (Lipinski definition) is 3. The van der Waals surface area contributed by atoms with Crippen molar-refractivity contribution in [2.45, 2.75) is 38.5 Å². The van der Waals surface area contributed by atoms with Gasteiger partial charge in [-0.2, -0.15) is 0 Å². The van der Waals surface area contributed by atoms with Crippen LogP contribution in [-0.2, 0) is 11.8 Å². The first kappa shape index (κ1) is 14.7. The van der Waals surface area contributed by atoms with E-state index in [-0.39, 0.29) is 5.41 Å². The fraction of sp³-hybridized carbons (Fsp3) is 0.412. The second kappa shape index (κ2) is 6.62. The molecule has 0 bridgehead atoms. The molecule has 0 unspecified atom stereocenters. The molecule has 0 saturated carbocycles. The summed E-state index contributed by atoms with van der Waals surface area (Å²) in [6.07, 6.45) is 6.64. The van der Waals surface area contributed by atoms with Gasteiger partial charge in [0.15, 0.2) is 0 Å². The number of rotatable bonds is 6. The van der Waals surface area contributed by atoms with E-state index in [9.17, 15) is 0 Å². The van der Waals surface area contributed by atoms with Gasteiger partial charge in [-0.25, -0.2) is 9.97 Å². The molecule has 0 fully saturated rings. The van der Waals surface area contributed by atoms with Gasteiger partial charge in [-0.3, -0.25) is 0 Å². The Labute approximate surface area is 121 Å². The Bertz CT molecular complexity index is 516. The van der Waals surface area contributed by atoms with Gasteiger partial charge in [0, 0.05) is 12.4 Å². The van der Waals surface area contributed by atoms with Crippen molar-refractivity contribution in [3.63, 3.8) is 0 Å². The molecule has 2 N–H and O–H groups in total. The number of nitrogens with two attached hydrogens (primary N) is 1. The minimum absolute atomic E-state index is 0.0947. The lowest BCUT2D eigenvalue weighted by atomic mass is 9.75. The summed E-state index contributed by atoms with van der Waals surface area (Å²) in [6.45, 7) is 5.04. The normalized spacial score (nSPS) is 11.6. The van der Waals surface area contributed by atoms with Crippen molar-refractivity contribution in [3.05, 3.63) is 59.7 Å². The Kier molecular flexibility index (Phi) is 4.85. The van der Waals surface area contributed by atoms with Crippen LogP contribution in [0.4, 0.5) is 0 Å². The summed E-state index contributed by atoms with van der Waals surface area (Å²) in [7, 11) is 0. The van der Waals surface area contributed by atoms with E-state index in [2.05, 4.69) is 48.1 Å². The van der Waals surface area contributed by atoms with Crippen molar-refractivity contribution in [2.75, 3.05) is 6.54 Å². The predicted molar refractivity (Wildman–Crippen MR) is 82.6 cm³/mol. The molecular formula is C17H23N3. The SMILES string of the molecule is CCC(CC)(c1ccccc1)c1ncc(CCN)cn1. The monoisotopic (exact) mass is 269 g/mol. The second-order valence-corrected chi connectivity index (χ2v) is 5.11. The molecule has 0 saturated heterocycles. The summed E-state index contributed by atoms with van der Waals surface area (Å²) < 4.78 is 0. The highest BCUT2D eigenvalue weighted by Gasteiger charge is 2.33. The molecule has 2 rings (SSSR count). The van der Waals surface area contributed by atoms with Crippen molar-refractivity contribution in [1.82, 2.24) is 9.97 Å². The molecule has 1 aromatic carbocycles. The quantitative estimate of drug-likeness (QED) is 0.876. The summed E-state index contributed by atoms with van der Waals surface area (Å²) in [5, 5.41) is 0. The minimum atomic E-state index is -0.0947. The number of benzene rings is 1. The van der Waals surface area contributed by atoms with E-state index >= 15 is 0 Å². The minimum Gasteiger partial charge on any atom is -0.330 e. The van der Waals surface area contributed by atoms with E-state index in [4.69, 9.17) is 5.73 Å². The average Bonchev–Trinajstić information content (AvgIpc) is 2.52. The molecule has 0 atom stereocenters. The van der Waals surface area contributed by atoms with E-state index < -0.39 is 0 Å². The summed E-state index contributed by atoms with van der Waals surface area (Å²) in [6, 6.07) is 10.6. The average molecular weight is 269 g/mol. The Morgan fingerprint density at radius 3 is 2.10 bits per heavy atom. The van der Waals surface area contributed by atoms with Gasteiger partial charge in [0.25, 0.3) is 0 Å². The maximum Gasteiger partial charge on any atom is 0.138 e. The highest BCUT2D eigenvalue weighted by Crippen LogP contribution is 2.36. The molecule has 3 nitrogen and oxygen atoms in total. The van der Waals surface area contributed by atoms with Crippen molar-refractivity contribution in [2.24, 2.45) is 5.73 Å². The zero-order chi connectivity index (χ0) is 14.4. The first-order valence-corrected chi connectivity index (χ1v) is 7.33. The molecule has 0 aliphatic heterocycles. The van der Waals surface area contributed by atoms with Gasteiger partial charge in [-0.15, -0.1) is 0 Å².